The van der Waals surface area contributed by atoms with Gasteiger partial charge in [0.25, 0.3) is 0 Å². The van der Waals surface area contributed by atoms with Gasteiger partial charge in [0.2, 0.25) is 0 Å². The fourth-order valence-electron chi connectivity index (χ4n) is 7.52. The predicted molar refractivity (Wildman–Crippen MR) is 212 cm³/mol. The van der Waals surface area contributed by atoms with Gasteiger partial charge in [-0.2, -0.15) is 0 Å². The highest BCUT2D eigenvalue weighted by Gasteiger charge is 2.47. The van der Waals surface area contributed by atoms with Gasteiger partial charge in [0.05, 0.1) is 18.3 Å². The lowest BCUT2D eigenvalue weighted by Gasteiger charge is -2.45. The van der Waals surface area contributed by atoms with E-state index in [1.165, 1.54) is 16.7 Å². The Balaban J connectivity index is 1.80. The quantitative estimate of drug-likeness (QED) is 0.108. The van der Waals surface area contributed by atoms with Crippen LogP contribution in [0.25, 0.3) is 0 Å². The van der Waals surface area contributed by atoms with Crippen LogP contribution >= 0.6 is 0 Å². The molecule has 3 aliphatic carbocycles. The van der Waals surface area contributed by atoms with Gasteiger partial charge in [-0.1, -0.05) is 92.2 Å². The van der Waals surface area contributed by atoms with Crippen molar-refractivity contribution in [3.63, 3.8) is 0 Å². The molecular weight excluding hydrogens is 641 g/mol. The summed E-state index contributed by atoms with van der Waals surface area (Å²) < 4.78 is 26.1. The van der Waals surface area contributed by atoms with Gasteiger partial charge in [0.1, 0.15) is 12.2 Å². The molecule has 3 aliphatic rings. The minimum absolute atomic E-state index is 0.0120. The van der Waals surface area contributed by atoms with E-state index < -0.39 is 22.2 Å². The summed E-state index contributed by atoms with van der Waals surface area (Å²) in [5, 5.41) is 0.272. The van der Waals surface area contributed by atoms with Gasteiger partial charge in [-0.25, -0.2) is 4.79 Å². The number of carbonyl (C=O) groups is 1. The van der Waals surface area contributed by atoms with E-state index in [1.54, 1.807) is 0 Å². The zero-order valence-corrected chi connectivity index (χ0v) is 36.4. The molecule has 5 nitrogen and oxygen atoms in total. The molecule has 0 aromatic carbocycles. The topological polar surface area (TPSA) is 54.0 Å². The number of hydrogen-bond acceptors (Lipinski definition) is 5. The summed E-state index contributed by atoms with van der Waals surface area (Å²) in [6, 6.07) is 0. The van der Waals surface area contributed by atoms with Gasteiger partial charge >= 0.3 is 5.97 Å². The van der Waals surface area contributed by atoms with Crippen molar-refractivity contribution >= 4 is 22.6 Å². The lowest BCUT2D eigenvalue weighted by atomic mass is 9.63. The molecule has 0 bridgehead atoms. The molecule has 0 aromatic heterocycles. The highest BCUT2D eigenvalue weighted by atomic mass is 28.4. The Morgan fingerprint density at radius 3 is 2.22 bits per heavy atom. The molecule has 0 saturated heterocycles. The Hall–Kier alpha value is -1.26. The van der Waals surface area contributed by atoms with Gasteiger partial charge in [0, 0.05) is 6.42 Å². The maximum Gasteiger partial charge on any atom is 0.332 e. The van der Waals surface area contributed by atoms with Crippen LogP contribution in [-0.2, 0) is 23.1 Å². The van der Waals surface area contributed by atoms with E-state index in [4.69, 9.17) is 18.3 Å². The number of carbonyl (C=O) groups excluding carboxylic acids is 1. The molecule has 0 aliphatic heterocycles. The number of unbranched alkanes of at least 4 members (excludes halogenated alkanes) is 1. The monoisotopic (exact) mass is 715 g/mol. The average Bonchev–Trinajstić information content (AvgIpc) is 3.31. The molecule has 0 heterocycles. The van der Waals surface area contributed by atoms with E-state index >= 15 is 0 Å². The van der Waals surface area contributed by atoms with Crippen LogP contribution < -0.4 is 0 Å². The number of rotatable bonds is 13. The summed E-state index contributed by atoms with van der Waals surface area (Å²) in [4.78, 5) is 12.7. The Morgan fingerprint density at radius 1 is 1.02 bits per heavy atom. The molecule has 0 N–H and O–H groups in total. The SMILES string of the molecule is C=C1/C(=C\C=C2/CCC[C@]3(C)C(C(C)OCC(=O)OC(C)(C)CCCC)=CC[C@@H]23)C[C@@H](O[Si](C)(C)C(C)(C)C)C[C@@H]1O[Si](C)(C)C(C)(C)C. The van der Waals surface area contributed by atoms with E-state index in [-0.39, 0.29) is 46.4 Å². The van der Waals surface area contributed by atoms with E-state index in [2.05, 4.69) is 113 Å². The van der Waals surface area contributed by atoms with Crippen LogP contribution in [0.1, 0.15) is 134 Å². The third-order valence-electron chi connectivity index (χ3n) is 12.8. The molecule has 7 heteroatoms. The lowest BCUT2D eigenvalue weighted by molar-refractivity contribution is -0.163. The van der Waals surface area contributed by atoms with Gasteiger partial charge in [0.15, 0.2) is 16.6 Å². The average molecular weight is 715 g/mol. The molecular formula is C42H74O5Si2. The lowest BCUT2D eigenvalue weighted by Crippen LogP contribution is -2.49. The Morgan fingerprint density at radius 2 is 1.63 bits per heavy atom. The van der Waals surface area contributed by atoms with Crippen molar-refractivity contribution in [3.05, 3.63) is 47.1 Å². The van der Waals surface area contributed by atoms with Crippen LogP contribution in [0.5, 0.6) is 0 Å². The molecule has 0 spiro atoms. The summed E-state index contributed by atoms with van der Waals surface area (Å²) >= 11 is 0. The normalized spacial score (nSPS) is 28.1. The maximum atomic E-state index is 12.7. The molecule has 2 saturated carbocycles. The van der Waals surface area contributed by atoms with Crippen LogP contribution in [0.3, 0.4) is 0 Å². The first kappa shape index (κ1) is 42.2. The summed E-state index contributed by atoms with van der Waals surface area (Å²) in [7, 11) is -3.98. The third-order valence-corrected chi connectivity index (χ3v) is 21.8. The van der Waals surface area contributed by atoms with Crippen molar-refractivity contribution in [2.75, 3.05) is 6.61 Å². The minimum Gasteiger partial charge on any atom is -0.458 e. The first-order valence-corrected chi connectivity index (χ1v) is 25.1. The van der Waals surface area contributed by atoms with Crippen molar-refractivity contribution < 1.29 is 23.1 Å². The van der Waals surface area contributed by atoms with E-state index in [0.29, 0.717) is 5.92 Å². The molecule has 2 fully saturated rings. The predicted octanol–water partition coefficient (Wildman–Crippen LogP) is 12.0. The second-order valence-electron chi connectivity index (χ2n) is 19.3. The third kappa shape index (κ3) is 10.4. The molecule has 0 aromatic rings. The largest absolute Gasteiger partial charge is 0.458 e. The van der Waals surface area contributed by atoms with E-state index in [1.807, 2.05) is 13.8 Å². The fourth-order valence-corrected chi connectivity index (χ4v) is 10.2. The number of ether oxygens (including phenoxy) is 2. The second-order valence-corrected chi connectivity index (χ2v) is 28.8. The smallest absolute Gasteiger partial charge is 0.332 e. The standard InChI is InChI=1S/C42H74O5Si2/c1-17-18-25-41(10,11)45-38(43)29-44-31(3)35-23-24-36-32(20-19-26-42(35,36)12)21-22-33-27-34(46-48(13,14)39(4,5)6)28-37(30(33)2)47-49(15,16)40(7,8)9/h21-23,31,34,36-37H,2,17-20,24-29H2,1,3-16H3/b32-21+,33-22-/t31?,34-,36+,37+,42-/m1/s1. The first-order chi connectivity index (χ1) is 22.3. The van der Waals surface area contributed by atoms with Crippen molar-refractivity contribution in [3.8, 4) is 0 Å². The maximum absolute atomic E-state index is 12.7. The Kier molecular flexibility index (Phi) is 13.6. The zero-order chi connectivity index (χ0) is 37.2. The van der Waals surface area contributed by atoms with Crippen molar-refractivity contribution in [2.45, 2.75) is 194 Å². The van der Waals surface area contributed by atoms with Crippen molar-refractivity contribution in [1.82, 2.24) is 0 Å². The molecule has 3 rings (SSSR count). The number of fused-ring (bicyclic) bond motifs is 1. The molecule has 0 amide bonds. The number of hydrogen-bond donors (Lipinski definition) is 0. The van der Waals surface area contributed by atoms with Crippen LogP contribution in [0, 0.1) is 11.3 Å². The summed E-state index contributed by atoms with van der Waals surface area (Å²) in [5.41, 5.74) is 4.82. The zero-order valence-electron chi connectivity index (χ0n) is 34.4. The van der Waals surface area contributed by atoms with Crippen LogP contribution in [0.2, 0.25) is 36.3 Å². The summed E-state index contributed by atoms with van der Waals surface area (Å²) in [6.07, 6.45) is 16.3. The van der Waals surface area contributed by atoms with Crippen molar-refractivity contribution in [1.29, 1.82) is 0 Å². The number of allylic oxidation sites excluding steroid dienone is 4. The summed E-state index contributed by atoms with van der Waals surface area (Å²) in [5.74, 6) is 0.165. The fraction of sp³-hybridized carbons (Fsp3) is 0.786. The minimum atomic E-state index is -2.02. The van der Waals surface area contributed by atoms with Gasteiger partial charge in [-0.3, -0.25) is 0 Å². The molecule has 1 unspecified atom stereocenters. The molecule has 0 radical (unpaired) electrons. The van der Waals surface area contributed by atoms with Gasteiger partial charge in [-0.15, -0.1) is 0 Å². The second kappa shape index (κ2) is 15.8. The van der Waals surface area contributed by atoms with E-state index in [9.17, 15) is 4.79 Å². The molecule has 49 heavy (non-hydrogen) atoms. The molecule has 280 valence electrons. The highest BCUT2D eigenvalue weighted by molar-refractivity contribution is 6.74. The van der Waals surface area contributed by atoms with Crippen molar-refractivity contribution in [2.24, 2.45) is 11.3 Å². The van der Waals surface area contributed by atoms with Gasteiger partial charge in [-0.05, 0) is 130 Å². The highest BCUT2D eigenvalue weighted by Crippen LogP contribution is 2.56. The van der Waals surface area contributed by atoms with Crippen LogP contribution in [0.4, 0.5) is 0 Å². The van der Waals surface area contributed by atoms with Gasteiger partial charge < -0.3 is 18.3 Å². The number of esters is 1. The Bertz CT molecular complexity index is 1270. The summed E-state index contributed by atoms with van der Waals surface area (Å²) in [6.45, 7) is 38.6. The van der Waals surface area contributed by atoms with E-state index in [0.717, 1.165) is 63.4 Å². The van der Waals surface area contributed by atoms with Crippen LogP contribution in [0.15, 0.2) is 47.1 Å². The van der Waals surface area contributed by atoms with Crippen LogP contribution in [-0.4, -0.2) is 53.1 Å². The molecule has 5 atom stereocenters. The Labute approximate surface area is 304 Å². The first-order valence-electron chi connectivity index (χ1n) is 19.3.